The molecule has 62 valence electrons. The molecule has 0 radical (unpaired) electrons. The molecule has 0 saturated heterocycles. The summed E-state index contributed by atoms with van der Waals surface area (Å²) in [6, 6.07) is 0. The molecule has 2 nitrogen and oxygen atoms in total. The summed E-state index contributed by atoms with van der Waals surface area (Å²) in [5.74, 6) is 0. The number of hydrogen-bond acceptors (Lipinski definition) is 2. The Bertz CT molecular complexity index is 485. The van der Waals surface area contributed by atoms with E-state index in [0.717, 1.165) is 20.1 Å². The summed E-state index contributed by atoms with van der Waals surface area (Å²) in [5, 5.41) is 3.02. The lowest BCUT2D eigenvalue weighted by Gasteiger charge is -1.93. The van der Waals surface area contributed by atoms with Crippen LogP contribution in [0.3, 0.4) is 0 Å². The summed E-state index contributed by atoms with van der Waals surface area (Å²) in [6.07, 6.45) is 1.68. The normalized spacial score (nSPS) is 10.8. The third-order valence-corrected chi connectivity index (χ3v) is 3.47. The topological polar surface area (TPSA) is 32.9 Å². The molecule has 4 heteroatoms. The maximum absolute atomic E-state index is 11.3. The molecule has 12 heavy (non-hydrogen) atoms. The molecule has 0 saturated carbocycles. The highest BCUT2D eigenvalue weighted by molar-refractivity contribution is 9.10. The number of nitrogens with one attached hydrogen (secondary N) is 1. The fraction of sp³-hybridized carbons (Fsp3) is 0.125. The SMILES string of the molecule is Cc1csc2c(=O)[nH]cc(Br)c12. The lowest BCUT2D eigenvalue weighted by atomic mass is 10.2. The van der Waals surface area contributed by atoms with Gasteiger partial charge < -0.3 is 4.98 Å². The molecule has 0 aliphatic heterocycles. The Balaban J connectivity index is 3.09. The molecule has 0 amide bonds. The molecule has 2 heterocycles. The van der Waals surface area contributed by atoms with Crippen LogP contribution in [0.1, 0.15) is 5.56 Å². The van der Waals surface area contributed by atoms with E-state index < -0.39 is 0 Å². The van der Waals surface area contributed by atoms with E-state index in [1.165, 1.54) is 11.3 Å². The van der Waals surface area contributed by atoms with Crippen LogP contribution in [0.25, 0.3) is 10.1 Å². The zero-order chi connectivity index (χ0) is 8.72. The van der Waals surface area contributed by atoms with Crippen molar-refractivity contribution in [2.75, 3.05) is 0 Å². The van der Waals surface area contributed by atoms with E-state index in [4.69, 9.17) is 0 Å². The number of aromatic amines is 1. The molecule has 0 fully saturated rings. The van der Waals surface area contributed by atoms with Gasteiger partial charge in [0.1, 0.15) is 4.70 Å². The molecule has 2 aromatic rings. The molecule has 0 atom stereocenters. The van der Waals surface area contributed by atoms with Crippen LogP contribution in [0.4, 0.5) is 0 Å². The number of rotatable bonds is 0. The summed E-state index contributed by atoms with van der Waals surface area (Å²) in [6.45, 7) is 2.00. The van der Waals surface area contributed by atoms with Crippen molar-refractivity contribution < 1.29 is 0 Å². The molecular weight excluding hydrogens is 238 g/mol. The smallest absolute Gasteiger partial charge is 0.265 e. The van der Waals surface area contributed by atoms with E-state index in [2.05, 4.69) is 20.9 Å². The molecule has 2 aromatic heterocycles. The van der Waals surface area contributed by atoms with Crippen molar-refractivity contribution in [2.45, 2.75) is 6.92 Å². The van der Waals surface area contributed by atoms with Gasteiger partial charge in [-0.25, -0.2) is 0 Å². The summed E-state index contributed by atoms with van der Waals surface area (Å²) in [4.78, 5) is 13.9. The van der Waals surface area contributed by atoms with Crippen molar-refractivity contribution in [3.05, 3.63) is 32.0 Å². The van der Waals surface area contributed by atoms with Crippen LogP contribution < -0.4 is 5.56 Å². The highest BCUT2D eigenvalue weighted by Gasteiger charge is 2.06. The van der Waals surface area contributed by atoms with Crippen LogP contribution in [0, 0.1) is 6.92 Å². The van der Waals surface area contributed by atoms with Crippen LogP contribution in [0.15, 0.2) is 20.8 Å². The molecule has 0 aliphatic carbocycles. The fourth-order valence-corrected chi connectivity index (χ4v) is 2.90. The predicted molar refractivity (Wildman–Crippen MR) is 54.9 cm³/mol. The highest BCUT2D eigenvalue weighted by Crippen LogP contribution is 2.28. The standard InChI is InChI=1S/C8H6BrNOS/c1-4-3-12-7-6(4)5(9)2-10-8(7)11/h2-3H,1H3,(H,10,11). The van der Waals surface area contributed by atoms with E-state index in [-0.39, 0.29) is 5.56 Å². The van der Waals surface area contributed by atoms with Crippen molar-refractivity contribution in [2.24, 2.45) is 0 Å². The van der Waals surface area contributed by atoms with E-state index in [9.17, 15) is 4.79 Å². The Morgan fingerprint density at radius 2 is 2.33 bits per heavy atom. The second-order valence-electron chi connectivity index (χ2n) is 2.59. The monoisotopic (exact) mass is 243 g/mol. The van der Waals surface area contributed by atoms with Gasteiger partial charge in [0, 0.05) is 16.1 Å². The van der Waals surface area contributed by atoms with E-state index >= 15 is 0 Å². The van der Waals surface area contributed by atoms with Crippen LogP contribution in [-0.4, -0.2) is 4.98 Å². The first-order valence-corrected chi connectivity index (χ1v) is 5.12. The Morgan fingerprint density at radius 3 is 3.00 bits per heavy atom. The molecule has 0 spiro atoms. The minimum Gasteiger partial charge on any atom is -0.327 e. The average molecular weight is 244 g/mol. The maximum atomic E-state index is 11.3. The lowest BCUT2D eigenvalue weighted by molar-refractivity contribution is 1.27. The summed E-state index contributed by atoms with van der Waals surface area (Å²) in [5.41, 5.74) is 1.14. The maximum Gasteiger partial charge on any atom is 0.265 e. The molecule has 0 bridgehead atoms. The number of halogens is 1. The van der Waals surface area contributed by atoms with Gasteiger partial charge >= 0.3 is 0 Å². The van der Waals surface area contributed by atoms with Gasteiger partial charge in [-0.2, -0.15) is 0 Å². The van der Waals surface area contributed by atoms with Gasteiger partial charge in [0.2, 0.25) is 0 Å². The van der Waals surface area contributed by atoms with Crippen molar-refractivity contribution in [1.82, 2.24) is 4.98 Å². The second kappa shape index (κ2) is 2.71. The quantitative estimate of drug-likeness (QED) is 0.759. The van der Waals surface area contributed by atoms with Crippen molar-refractivity contribution >= 4 is 37.4 Å². The Hall–Kier alpha value is -0.610. The predicted octanol–water partition coefficient (Wildman–Crippen LogP) is 2.66. The van der Waals surface area contributed by atoms with Crippen LogP contribution in [0.2, 0.25) is 0 Å². The third-order valence-electron chi connectivity index (χ3n) is 1.75. The Labute approximate surface area is 81.4 Å². The summed E-state index contributed by atoms with van der Waals surface area (Å²) in [7, 11) is 0. The second-order valence-corrected chi connectivity index (χ2v) is 4.32. The number of hydrogen-bond donors (Lipinski definition) is 1. The molecular formula is C8H6BrNOS. The molecule has 0 aromatic carbocycles. The van der Waals surface area contributed by atoms with Crippen molar-refractivity contribution in [1.29, 1.82) is 0 Å². The number of fused-ring (bicyclic) bond motifs is 1. The minimum atomic E-state index is -0.00806. The molecule has 0 aliphatic rings. The van der Waals surface area contributed by atoms with Crippen LogP contribution in [-0.2, 0) is 0 Å². The molecule has 1 N–H and O–H groups in total. The zero-order valence-corrected chi connectivity index (χ0v) is 8.75. The summed E-state index contributed by atoms with van der Waals surface area (Å²) < 4.78 is 1.75. The fourth-order valence-electron chi connectivity index (χ4n) is 1.17. The van der Waals surface area contributed by atoms with Gasteiger partial charge in [-0.1, -0.05) is 0 Å². The minimum absolute atomic E-state index is 0.00806. The average Bonchev–Trinajstić information content (AvgIpc) is 2.42. The lowest BCUT2D eigenvalue weighted by Crippen LogP contribution is -2.02. The number of aryl methyl sites for hydroxylation is 1. The van der Waals surface area contributed by atoms with Gasteiger partial charge in [-0.3, -0.25) is 4.79 Å². The highest BCUT2D eigenvalue weighted by atomic mass is 79.9. The number of thiophene rings is 1. The molecule has 2 rings (SSSR count). The van der Waals surface area contributed by atoms with Crippen LogP contribution >= 0.6 is 27.3 Å². The van der Waals surface area contributed by atoms with Gasteiger partial charge in [0.05, 0.1) is 0 Å². The Morgan fingerprint density at radius 1 is 1.58 bits per heavy atom. The number of H-pyrrole nitrogens is 1. The Kier molecular flexibility index (Phi) is 1.81. The first-order chi connectivity index (χ1) is 5.70. The number of pyridine rings is 1. The van der Waals surface area contributed by atoms with Crippen molar-refractivity contribution in [3.8, 4) is 0 Å². The summed E-state index contributed by atoms with van der Waals surface area (Å²) >= 11 is 4.88. The largest absolute Gasteiger partial charge is 0.327 e. The van der Waals surface area contributed by atoms with E-state index in [1.807, 2.05) is 12.3 Å². The molecule has 0 unspecified atom stereocenters. The van der Waals surface area contributed by atoms with Gasteiger partial charge in [-0.15, -0.1) is 11.3 Å². The van der Waals surface area contributed by atoms with E-state index in [1.54, 1.807) is 6.20 Å². The number of aromatic nitrogens is 1. The first-order valence-electron chi connectivity index (χ1n) is 3.45. The van der Waals surface area contributed by atoms with E-state index in [0.29, 0.717) is 0 Å². The van der Waals surface area contributed by atoms with Gasteiger partial charge in [0.25, 0.3) is 5.56 Å². The van der Waals surface area contributed by atoms with Crippen molar-refractivity contribution in [3.63, 3.8) is 0 Å². The van der Waals surface area contributed by atoms with Crippen LogP contribution in [0.5, 0.6) is 0 Å². The first kappa shape index (κ1) is 8.01. The zero-order valence-electron chi connectivity index (χ0n) is 6.35. The van der Waals surface area contributed by atoms with Gasteiger partial charge in [-0.05, 0) is 33.8 Å². The van der Waals surface area contributed by atoms with Gasteiger partial charge in [0.15, 0.2) is 0 Å². The third kappa shape index (κ3) is 1.03.